The second kappa shape index (κ2) is 9.87. The van der Waals surface area contributed by atoms with E-state index in [1.807, 2.05) is 62.4 Å². The number of amides is 1. The number of methoxy groups -OCH3 is 1. The number of rotatable bonds is 8. The number of nitrogens with zero attached hydrogens (tertiary/aromatic N) is 1. The van der Waals surface area contributed by atoms with Crippen LogP contribution in [0.5, 0.6) is 5.75 Å². The van der Waals surface area contributed by atoms with Crippen molar-refractivity contribution in [3.8, 4) is 5.75 Å². The van der Waals surface area contributed by atoms with Crippen molar-refractivity contribution < 1.29 is 19.1 Å². The summed E-state index contributed by atoms with van der Waals surface area (Å²) >= 11 is 0. The minimum atomic E-state index is -0.508. The number of carbonyl (C=O) groups excluding carboxylic acids is 2. The Labute approximate surface area is 176 Å². The lowest BCUT2D eigenvalue weighted by atomic mass is 10.0. The summed E-state index contributed by atoms with van der Waals surface area (Å²) in [5.74, 6) is -0.0467. The highest BCUT2D eigenvalue weighted by Gasteiger charge is 2.19. The summed E-state index contributed by atoms with van der Waals surface area (Å²) in [6.07, 6.45) is 1.39. The van der Waals surface area contributed by atoms with Crippen LogP contribution in [0.1, 0.15) is 34.1 Å². The summed E-state index contributed by atoms with van der Waals surface area (Å²) in [6.45, 7) is 4.00. The number of ether oxygens (including phenoxy) is 2. The van der Waals surface area contributed by atoms with Gasteiger partial charge in [0.2, 0.25) is 0 Å². The van der Waals surface area contributed by atoms with Gasteiger partial charge in [-0.1, -0.05) is 37.3 Å². The van der Waals surface area contributed by atoms with E-state index in [9.17, 15) is 9.59 Å². The predicted octanol–water partition coefficient (Wildman–Crippen LogP) is 3.63. The lowest BCUT2D eigenvalue weighted by Gasteiger charge is -2.13. The fraction of sp³-hybridized carbons (Fsp3) is 0.292. The van der Waals surface area contributed by atoms with Gasteiger partial charge in [-0.05, 0) is 49.1 Å². The third-order valence-electron chi connectivity index (χ3n) is 5.00. The molecule has 3 rings (SSSR count). The highest BCUT2D eigenvalue weighted by molar-refractivity contribution is 6.05. The van der Waals surface area contributed by atoms with Crippen LogP contribution in [0.15, 0.2) is 48.5 Å². The maximum Gasteiger partial charge on any atom is 0.339 e. The molecule has 3 aromatic rings. The van der Waals surface area contributed by atoms with E-state index in [4.69, 9.17) is 9.47 Å². The highest BCUT2D eigenvalue weighted by atomic mass is 16.5. The van der Waals surface area contributed by atoms with Crippen molar-refractivity contribution in [1.82, 2.24) is 10.3 Å². The van der Waals surface area contributed by atoms with E-state index in [2.05, 4.69) is 10.3 Å². The molecule has 0 bridgehead atoms. The molecular weight excluding hydrogens is 380 g/mol. The molecule has 2 aromatic carbocycles. The third-order valence-corrected chi connectivity index (χ3v) is 5.00. The molecular formula is C24H26N2O4. The molecule has 0 saturated carbocycles. The van der Waals surface area contributed by atoms with Crippen molar-refractivity contribution in [3.63, 3.8) is 0 Å². The number of hydrogen-bond acceptors (Lipinski definition) is 5. The van der Waals surface area contributed by atoms with Gasteiger partial charge in [0.1, 0.15) is 5.75 Å². The smallest absolute Gasteiger partial charge is 0.339 e. The van der Waals surface area contributed by atoms with Crippen LogP contribution in [-0.2, 0) is 22.4 Å². The number of benzene rings is 2. The second-order valence-corrected chi connectivity index (χ2v) is 6.95. The van der Waals surface area contributed by atoms with Crippen molar-refractivity contribution in [1.29, 1.82) is 0 Å². The molecule has 1 heterocycles. The van der Waals surface area contributed by atoms with Gasteiger partial charge >= 0.3 is 5.97 Å². The van der Waals surface area contributed by atoms with Gasteiger partial charge in [0.25, 0.3) is 5.91 Å². The topological polar surface area (TPSA) is 77.5 Å². The molecule has 0 saturated heterocycles. The third kappa shape index (κ3) is 4.95. The average molecular weight is 406 g/mol. The van der Waals surface area contributed by atoms with E-state index >= 15 is 0 Å². The van der Waals surface area contributed by atoms with Crippen molar-refractivity contribution in [3.05, 3.63) is 70.9 Å². The number of carbonyl (C=O) groups is 2. The molecule has 0 radical (unpaired) electrons. The zero-order valence-electron chi connectivity index (χ0n) is 17.5. The number of pyridine rings is 1. The minimum absolute atomic E-state index is 0.320. The Balaban J connectivity index is 1.58. The fourth-order valence-electron chi connectivity index (χ4n) is 3.36. The Morgan fingerprint density at radius 3 is 2.50 bits per heavy atom. The van der Waals surface area contributed by atoms with Crippen molar-refractivity contribution >= 4 is 22.8 Å². The first-order valence-electron chi connectivity index (χ1n) is 9.98. The van der Waals surface area contributed by atoms with Crippen molar-refractivity contribution in [2.45, 2.75) is 26.7 Å². The van der Waals surface area contributed by atoms with Gasteiger partial charge in [-0.2, -0.15) is 0 Å². The van der Waals surface area contributed by atoms with Crippen LogP contribution >= 0.6 is 0 Å². The molecule has 156 valence electrons. The van der Waals surface area contributed by atoms with Crippen LogP contribution in [0.3, 0.4) is 0 Å². The van der Waals surface area contributed by atoms with Gasteiger partial charge in [0.15, 0.2) is 6.61 Å². The van der Waals surface area contributed by atoms with Crippen LogP contribution in [0.25, 0.3) is 10.9 Å². The van der Waals surface area contributed by atoms with Crippen LogP contribution in [0, 0.1) is 6.92 Å². The number of fused-ring (bicyclic) bond motifs is 1. The van der Waals surface area contributed by atoms with Crippen molar-refractivity contribution in [2.75, 3.05) is 20.3 Å². The molecule has 0 aliphatic carbocycles. The number of aromatic nitrogens is 1. The normalized spacial score (nSPS) is 10.6. The summed E-state index contributed by atoms with van der Waals surface area (Å²) in [5, 5.41) is 3.51. The lowest BCUT2D eigenvalue weighted by Crippen LogP contribution is -2.30. The summed E-state index contributed by atoms with van der Waals surface area (Å²) in [5.41, 5.74) is 3.95. The highest BCUT2D eigenvalue weighted by Crippen LogP contribution is 2.24. The standard InChI is InChI=1S/C24H26N2O4/c1-4-20-16(2)23(19-7-5-6-8-21(19)26-20)24(28)30-15-22(27)25-14-13-17-9-11-18(29-3)12-10-17/h5-12H,4,13-15H2,1-3H3,(H,25,27). The van der Waals surface area contributed by atoms with E-state index in [1.54, 1.807) is 7.11 Å². The van der Waals surface area contributed by atoms with Crippen LogP contribution in [-0.4, -0.2) is 37.1 Å². The van der Waals surface area contributed by atoms with Gasteiger partial charge in [-0.15, -0.1) is 0 Å². The number of nitrogens with one attached hydrogen (secondary N) is 1. The number of esters is 1. The molecule has 0 fully saturated rings. The molecule has 1 amide bonds. The molecule has 1 aromatic heterocycles. The SMILES string of the molecule is CCc1nc2ccccc2c(C(=O)OCC(=O)NCCc2ccc(OC)cc2)c1C. The molecule has 0 aliphatic rings. The maximum absolute atomic E-state index is 12.8. The van der Waals surface area contributed by atoms with E-state index in [0.717, 1.165) is 33.5 Å². The Kier molecular flexibility index (Phi) is 7.01. The molecule has 0 unspecified atom stereocenters. The maximum atomic E-state index is 12.8. The predicted molar refractivity (Wildman–Crippen MR) is 116 cm³/mol. The molecule has 30 heavy (non-hydrogen) atoms. The number of para-hydroxylation sites is 1. The van der Waals surface area contributed by atoms with Crippen molar-refractivity contribution in [2.24, 2.45) is 0 Å². The van der Waals surface area contributed by atoms with Gasteiger partial charge in [0.05, 0.1) is 18.2 Å². The van der Waals surface area contributed by atoms with Crippen LogP contribution in [0.2, 0.25) is 0 Å². The van der Waals surface area contributed by atoms with E-state index in [1.165, 1.54) is 0 Å². The molecule has 0 aliphatic heterocycles. The zero-order valence-corrected chi connectivity index (χ0v) is 17.5. The second-order valence-electron chi connectivity index (χ2n) is 6.95. The lowest BCUT2D eigenvalue weighted by molar-refractivity contribution is -0.124. The van der Waals surface area contributed by atoms with Gasteiger partial charge < -0.3 is 14.8 Å². The quantitative estimate of drug-likeness (QED) is 0.578. The molecule has 0 spiro atoms. The molecule has 6 heteroatoms. The van der Waals surface area contributed by atoms with E-state index in [-0.39, 0.29) is 12.5 Å². The summed E-state index contributed by atoms with van der Waals surface area (Å²) in [4.78, 5) is 29.5. The fourth-order valence-corrected chi connectivity index (χ4v) is 3.36. The van der Waals surface area contributed by atoms with E-state index < -0.39 is 5.97 Å². The van der Waals surface area contributed by atoms with Gasteiger partial charge in [0, 0.05) is 17.6 Å². The monoisotopic (exact) mass is 406 g/mol. The Morgan fingerprint density at radius 1 is 1.07 bits per heavy atom. The first-order chi connectivity index (χ1) is 14.5. The van der Waals surface area contributed by atoms with E-state index in [0.29, 0.717) is 24.9 Å². The van der Waals surface area contributed by atoms with Crippen LogP contribution < -0.4 is 10.1 Å². The zero-order chi connectivity index (χ0) is 21.5. The number of aryl methyl sites for hydroxylation is 1. The Morgan fingerprint density at radius 2 is 1.80 bits per heavy atom. The Hall–Kier alpha value is -3.41. The van der Waals surface area contributed by atoms with Gasteiger partial charge in [-0.25, -0.2) is 4.79 Å². The summed E-state index contributed by atoms with van der Waals surface area (Å²) in [6, 6.07) is 15.1. The molecule has 0 atom stereocenters. The molecule has 1 N–H and O–H groups in total. The molecule has 6 nitrogen and oxygen atoms in total. The number of hydrogen-bond donors (Lipinski definition) is 1. The Bertz CT molecular complexity index is 1050. The van der Waals surface area contributed by atoms with Crippen LogP contribution in [0.4, 0.5) is 0 Å². The first-order valence-corrected chi connectivity index (χ1v) is 9.98. The first kappa shape index (κ1) is 21.3. The minimum Gasteiger partial charge on any atom is -0.497 e. The van der Waals surface area contributed by atoms with Gasteiger partial charge in [-0.3, -0.25) is 9.78 Å². The summed E-state index contributed by atoms with van der Waals surface area (Å²) < 4.78 is 10.4. The average Bonchev–Trinajstić information content (AvgIpc) is 2.77. The largest absolute Gasteiger partial charge is 0.497 e. The summed E-state index contributed by atoms with van der Waals surface area (Å²) in [7, 11) is 1.62.